The van der Waals surface area contributed by atoms with E-state index in [2.05, 4.69) is 17.3 Å². The zero-order chi connectivity index (χ0) is 11.4. The van der Waals surface area contributed by atoms with E-state index in [0.717, 1.165) is 31.4 Å². The average molecular weight is 234 g/mol. The third-order valence-corrected chi connectivity index (χ3v) is 3.27. The molecule has 0 bridgehead atoms. The maximum atomic E-state index is 10.5. The highest BCUT2D eigenvalue weighted by atomic mass is 32.1. The Morgan fingerprint density at radius 2 is 2.44 bits per heavy atom. The Morgan fingerprint density at radius 3 is 3.12 bits per heavy atom. The maximum Gasteiger partial charge on any atom is 0.151 e. The van der Waals surface area contributed by atoms with Gasteiger partial charge in [-0.15, -0.1) is 11.3 Å². The van der Waals surface area contributed by atoms with E-state index >= 15 is 0 Å². The third kappa shape index (κ3) is 2.58. The number of hydrogen-bond donors (Lipinski definition) is 0. The number of carbonyl (C=O) groups excluding carboxylic acids is 1. The van der Waals surface area contributed by atoms with Gasteiger partial charge in [0.1, 0.15) is 0 Å². The molecule has 0 saturated heterocycles. The normalized spacial score (nSPS) is 10.6. The standard InChI is InChI=1S/C12H14N2OS/c1-2-3-12-13-11(9-16-12)7-14-5-4-10(6-14)8-15/h4-6,8-9H,2-3,7H2,1H3. The van der Waals surface area contributed by atoms with Crippen LogP contribution in [0.5, 0.6) is 0 Å². The molecule has 0 aromatic carbocycles. The van der Waals surface area contributed by atoms with E-state index in [1.54, 1.807) is 11.3 Å². The van der Waals surface area contributed by atoms with Gasteiger partial charge in [0.25, 0.3) is 0 Å². The van der Waals surface area contributed by atoms with Crippen molar-refractivity contribution < 1.29 is 4.79 Å². The van der Waals surface area contributed by atoms with Crippen LogP contribution in [0.2, 0.25) is 0 Å². The molecule has 0 aliphatic heterocycles. The summed E-state index contributed by atoms with van der Waals surface area (Å²) >= 11 is 1.71. The van der Waals surface area contributed by atoms with Crippen molar-refractivity contribution in [1.29, 1.82) is 0 Å². The van der Waals surface area contributed by atoms with E-state index in [0.29, 0.717) is 5.56 Å². The molecule has 0 spiro atoms. The zero-order valence-corrected chi connectivity index (χ0v) is 10.0. The summed E-state index contributed by atoms with van der Waals surface area (Å²) in [5.41, 5.74) is 1.78. The van der Waals surface area contributed by atoms with Crippen molar-refractivity contribution in [3.63, 3.8) is 0 Å². The molecule has 2 aromatic rings. The Balaban J connectivity index is 2.05. The van der Waals surface area contributed by atoms with Crippen molar-refractivity contribution in [3.8, 4) is 0 Å². The fourth-order valence-electron chi connectivity index (χ4n) is 1.56. The van der Waals surface area contributed by atoms with E-state index in [-0.39, 0.29) is 0 Å². The predicted molar refractivity (Wildman–Crippen MR) is 65.0 cm³/mol. The number of aryl methyl sites for hydroxylation is 1. The number of thiazole rings is 1. The summed E-state index contributed by atoms with van der Waals surface area (Å²) in [6.07, 6.45) is 6.79. The van der Waals surface area contributed by atoms with Crippen molar-refractivity contribution in [2.75, 3.05) is 0 Å². The summed E-state index contributed by atoms with van der Waals surface area (Å²) in [7, 11) is 0. The lowest BCUT2D eigenvalue weighted by Crippen LogP contribution is -1.97. The molecule has 0 saturated carbocycles. The fourth-order valence-corrected chi connectivity index (χ4v) is 2.46. The van der Waals surface area contributed by atoms with Crippen molar-refractivity contribution >= 4 is 17.6 Å². The molecule has 2 rings (SSSR count). The van der Waals surface area contributed by atoms with E-state index in [1.165, 1.54) is 5.01 Å². The number of aldehydes is 1. The second-order valence-electron chi connectivity index (χ2n) is 3.72. The molecule has 0 fully saturated rings. The minimum absolute atomic E-state index is 0.712. The molecule has 84 valence electrons. The van der Waals surface area contributed by atoms with E-state index in [1.807, 2.05) is 23.0 Å². The number of hydrogen-bond acceptors (Lipinski definition) is 3. The molecule has 0 unspecified atom stereocenters. The van der Waals surface area contributed by atoms with Gasteiger partial charge in [-0.2, -0.15) is 0 Å². The van der Waals surface area contributed by atoms with Gasteiger partial charge in [0.15, 0.2) is 6.29 Å². The van der Waals surface area contributed by atoms with Crippen molar-refractivity contribution in [2.45, 2.75) is 26.3 Å². The molecule has 4 heteroatoms. The van der Waals surface area contributed by atoms with Gasteiger partial charge in [-0.25, -0.2) is 4.98 Å². The van der Waals surface area contributed by atoms with E-state index in [9.17, 15) is 4.79 Å². The van der Waals surface area contributed by atoms with Gasteiger partial charge in [-0.3, -0.25) is 4.79 Å². The molecule has 0 radical (unpaired) electrons. The molecule has 0 aliphatic rings. The Bertz CT molecular complexity index is 473. The van der Waals surface area contributed by atoms with Crippen LogP contribution >= 0.6 is 11.3 Å². The molecule has 0 atom stereocenters. The van der Waals surface area contributed by atoms with Crippen LogP contribution in [0, 0.1) is 0 Å². The first-order valence-corrected chi connectivity index (χ1v) is 6.24. The highest BCUT2D eigenvalue weighted by Gasteiger charge is 2.02. The first kappa shape index (κ1) is 11.1. The molecule has 0 amide bonds. The Morgan fingerprint density at radius 1 is 1.56 bits per heavy atom. The fraction of sp³-hybridized carbons (Fsp3) is 0.333. The lowest BCUT2D eigenvalue weighted by Gasteiger charge is -1.97. The van der Waals surface area contributed by atoms with Crippen LogP contribution < -0.4 is 0 Å². The highest BCUT2D eigenvalue weighted by Crippen LogP contribution is 2.13. The van der Waals surface area contributed by atoms with Crippen molar-refractivity contribution in [3.05, 3.63) is 40.1 Å². The summed E-state index contributed by atoms with van der Waals surface area (Å²) in [4.78, 5) is 15.1. The molecule has 16 heavy (non-hydrogen) atoms. The lowest BCUT2D eigenvalue weighted by atomic mass is 10.3. The predicted octanol–water partition coefficient (Wildman–Crippen LogP) is 2.76. The van der Waals surface area contributed by atoms with Gasteiger partial charge in [-0.05, 0) is 18.9 Å². The van der Waals surface area contributed by atoms with Gasteiger partial charge < -0.3 is 4.57 Å². The molecule has 2 heterocycles. The number of rotatable bonds is 5. The molecule has 0 N–H and O–H groups in total. The molecule has 3 nitrogen and oxygen atoms in total. The Kier molecular flexibility index (Phi) is 3.51. The maximum absolute atomic E-state index is 10.5. The van der Waals surface area contributed by atoms with Crippen LogP contribution in [-0.4, -0.2) is 15.8 Å². The van der Waals surface area contributed by atoms with E-state index < -0.39 is 0 Å². The lowest BCUT2D eigenvalue weighted by molar-refractivity contribution is 0.112. The smallest absolute Gasteiger partial charge is 0.151 e. The molecular weight excluding hydrogens is 220 g/mol. The Labute approximate surface area is 98.8 Å². The second-order valence-corrected chi connectivity index (χ2v) is 4.66. The summed E-state index contributed by atoms with van der Waals surface area (Å²) < 4.78 is 1.98. The van der Waals surface area contributed by atoms with Crippen LogP contribution in [0.15, 0.2) is 23.8 Å². The zero-order valence-electron chi connectivity index (χ0n) is 9.22. The summed E-state index contributed by atoms with van der Waals surface area (Å²) in [5, 5.41) is 3.28. The average Bonchev–Trinajstić information content (AvgIpc) is 2.89. The van der Waals surface area contributed by atoms with Gasteiger partial charge in [0.05, 0.1) is 17.2 Å². The molecule has 2 aromatic heterocycles. The number of nitrogens with zero attached hydrogens (tertiary/aromatic N) is 2. The second kappa shape index (κ2) is 5.07. The minimum Gasteiger partial charge on any atom is -0.348 e. The quantitative estimate of drug-likeness (QED) is 0.746. The van der Waals surface area contributed by atoms with Crippen LogP contribution in [0.25, 0.3) is 0 Å². The van der Waals surface area contributed by atoms with Crippen LogP contribution in [0.1, 0.15) is 34.4 Å². The van der Waals surface area contributed by atoms with Gasteiger partial charge >= 0.3 is 0 Å². The van der Waals surface area contributed by atoms with Crippen LogP contribution in [0.4, 0.5) is 0 Å². The van der Waals surface area contributed by atoms with Gasteiger partial charge in [0, 0.05) is 23.3 Å². The molecular formula is C12H14N2OS. The number of aromatic nitrogens is 2. The van der Waals surface area contributed by atoms with E-state index in [4.69, 9.17) is 0 Å². The van der Waals surface area contributed by atoms with Crippen molar-refractivity contribution in [2.24, 2.45) is 0 Å². The minimum atomic E-state index is 0.712. The first-order chi connectivity index (χ1) is 7.81. The van der Waals surface area contributed by atoms with Crippen LogP contribution in [-0.2, 0) is 13.0 Å². The third-order valence-electron chi connectivity index (χ3n) is 2.32. The van der Waals surface area contributed by atoms with Crippen molar-refractivity contribution in [1.82, 2.24) is 9.55 Å². The summed E-state index contributed by atoms with van der Waals surface area (Å²) in [5.74, 6) is 0. The largest absolute Gasteiger partial charge is 0.348 e. The summed E-state index contributed by atoms with van der Waals surface area (Å²) in [6, 6.07) is 1.81. The van der Waals surface area contributed by atoms with Crippen LogP contribution in [0.3, 0.4) is 0 Å². The SMILES string of the molecule is CCCc1nc(Cn2ccc(C=O)c2)cs1. The van der Waals surface area contributed by atoms with Gasteiger partial charge in [-0.1, -0.05) is 6.92 Å². The first-order valence-electron chi connectivity index (χ1n) is 5.36. The van der Waals surface area contributed by atoms with Gasteiger partial charge in [0.2, 0.25) is 0 Å². The molecule has 0 aliphatic carbocycles. The summed E-state index contributed by atoms with van der Waals surface area (Å²) in [6.45, 7) is 2.90. The topological polar surface area (TPSA) is 34.9 Å². The number of carbonyl (C=O) groups is 1. The highest BCUT2D eigenvalue weighted by molar-refractivity contribution is 7.09. The Hall–Kier alpha value is -1.42. The monoisotopic (exact) mass is 234 g/mol.